The minimum atomic E-state index is -0.245. The number of nitrogens with one attached hydrogen (secondary N) is 3. The Morgan fingerprint density at radius 2 is 1.96 bits per heavy atom. The zero-order valence-electron chi connectivity index (χ0n) is 13.6. The number of nitrogens with zero attached hydrogens (tertiary/aromatic N) is 1. The molecular formula is C16H21N5O2S. The number of urea groups is 1. The van der Waals surface area contributed by atoms with Crippen molar-refractivity contribution >= 4 is 29.0 Å². The summed E-state index contributed by atoms with van der Waals surface area (Å²) >= 11 is 1.37. The van der Waals surface area contributed by atoms with E-state index >= 15 is 0 Å². The summed E-state index contributed by atoms with van der Waals surface area (Å²) in [6.07, 6.45) is 0. The van der Waals surface area contributed by atoms with Gasteiger partial charge < -0.3 is 21.7 Å². The van der Waals surface area contributed by atoms with Crippen molar-refractivity contribution in [2.75, 3.05) is 5.32 Å². The molecular weight excluding hydrogens is 326 g/mol. The van der Waals surface area contributed by atoms with Crippen molar-refractivity contribution in [2.45, 2.75) is 33.0 Å². The summed E-state index contributed by atoms with van der Waals surface area (Å²) in [7, 11) is 0. The summed E-state index contributed by atoms with van der Waals surface area (Å²) in [6, 6.07) is 7.10. The molecule has 5 N–H and O–H groups in total. The number of benzene rings is 1. The van der Waals surface area contributed by atoms with Crippen LogP contribution in [-0.2, 0) is 13.1 Å². The first kappa shape index (κ1) is 17.9. The molecule has 0 bridgehead atoms. The van der Waals surface area contributed by atoms with E-state index in [9.17, 15) is 9.59 Å². The van der Waals surface area contributed by atoms with E-state index in [-0.39, 0.29) is 18.0 Å². The van der Waals surface area contributed by atoms with Gasteiger partial charge in [0, 0.05) is 30.2 Å². The number of nitrogens with two attached hydrogens (primary N) is 1. The number of thiazole rings is 1. The summed E-state index contributed by atoms with van der Waals surface area (Å²) in [6.45, 7) is 4.50. The van der Waals surface area contributed by atoms with Gasteiger partial charge in [-0.15, -0.1) is 11.3 Å². The predicted molar refractivity (Wildman–Crippen MR) is 94.9 cm³/mol. The van der Waals surface area contributed by atoms with Gasteiger partial charge in [0.25, 0.3) is 5.91 Å². The monoisotopic (exact) mass is 347 g/mol. The van der Waals surface area contributed by atoms with Crippen molar-refractivity contribution in [1.29, 1.82) is 0 Å². The highest BCUT2D eigenvalue weighted by Gasteiger charge is 2.10. The summed E-state index contributed by atoms with van der Waals surface area (Å²) in [4.78, 5) is 27.7. The quantitative estimate of drug-likeness (QED) is 0.641. The Morgan fingerprint density at radius 1 is 1.25 bits per heavy atom. The van der Waals surface area contributed by atoms with Crippen LogP contribution in [0.25, 0.3) is 0 Å². The second kappa shape index (κ2) is 8.42. The third-order valence-electron chi connectivity index (χ3n) is 3.04. The fourth-order valence-corrected chi connectivity index (χ4v) is 2.57. The zero-order chi connectivity index (χ0) is 17.5. The maximum atomic E-state index is 12.0. The van der Waals surface area contributed by atoms with Gasteiger partial charge >= 0.3 is 6.03 Å². The maximum absolute atomic E-state index is 12.0. The standard InChI is InChI=1S/C16H21N5O2S/c1-10(2)19-16(23)20-12-5-3-11(4-6-12)8-18-15(22)13-9-24-14(7-17)21-13/h3-6,9-10H,7-8,17H2,1-2H3,(H,18,22)(H2,19,20,23). The molecule has 2 rings (SSSR count). The molecule has 0 saturated heterocycles. The van der Waals surface area contributed by atoms with Gasteiger partial charge in [0.05, 0.1) is 0 Å². The van der Waals surface area contributed by atoms with Crippen molar-refractivity contribution in [3.05, 3.63) is 45.9 Å². The Hall–Kier alpha value is -2.45. The lowest BCUT2D eigenvalue weighted by Gasteiger charge is -2.10. The number of carbonyl (C=O) groups is 2. The first-order chi connectivity index (χ1) is 11.5. The Labute approximate surface area is 144 Å². The number of anilines is 1. The lowest BCUT2D eigenvalue weighted by molar-refractivity contribution is 0.0946. The van der Waals surface area contributed by atoms with Gasteiger partial charge in [0.2, 0.25) is 0 Å². The van der Waals surface area contributed by atoms with E-state index in [1.54, 1.807) is 17.5 Å². The normalized spacial score (nSPS) is 10.5. The van der Waals surface area contributed by atoms with Crippen LogP contribution in [0.4, 0.5) is 10.5 Å². The van der Waals surface area contributed by atoms with Crippen LogP contribution in [0.2, 0.25) is 0 Å². The highest BCUT2D eigenvalue weighted by atomic mass is 32.1. The number of aromatic nitrogens is 1. The molecule has 0 atom stereocenters. The Kier molecular flexibility index (Phi) is 6.28. The van der Waals surface area contributed by atoms with Crippen molar-refractivity contribution in [3.8, 4) is 0 Å². The van der Waals surface area contributed by atoms with Crippen LogP contribution in [0.3, 0.4) is 0 Å². The SMILES string of the molecule is CC(C)NC(=O)Nc1ccc(CNC(=O)c2csc(CN)n2)cc1. The molecule has 3 amide bonds. The van der Waals surface area contributed by atoms with E-state index in [0.717, 1.165) is 10.6 Å². The Balaban J connectivity index is 1.85. The van der Waals surface area contributed by atoms with E-state index < -0.39 is 0 Å². The van der Waals surface area contributed by atoms with Crippen LogP contribution < -0.4 is 21.7 Å². The van der Waals surface area contributed by atoms with Crippen LogP contribution in [0.1, 0.15) is 34.9 Å². The van der Waals surface area contributed by atoms with Crippen LogP contribution in [-0.4, -0.2) is 23.0 Å². The van der Waals surface area contributed by atoms with E-state index in [1.165, 1.54) is 11.3 Å². The lowest BCUT2D eigenvalue weighted by Crippen LogP contribution is -2.34. The Morgan fingerprint density at radius 3 is 2.54 bits per heavy atom. The molecule has 1 heterocycles. The van der Waals surface area contributed by atoms with Gasteiger partial charge in [-0.2, -0.15) is 0 Å². The third-order valence-corrected chi connectivity index (χ3v) is 3.91. The molecule has 0 spiro atoms. The molecule has 1 aromatic heterocycles. The number of rotatable bonds is 6. The average molecular weight is 347 g/mol. The molecule has 0 aliphatic rings. The summed E-state index contributed by atoms with van der Waals surface area (Å²) in [5.41, 5.74) is 7.48. The Bertz CT molecular complexity index is 697. The fraction of sp³-hybridized carbons (Fsp3) is 0.312. The molecule has 0 aliphatic heterocycles. The summed E-state index contributed by atoms with van der Waals surface area (Å²) in [5, 5.41) is 10.7. The topological polar surface area (TPSA) is 109 Å². The highest BCUT2D eigenvalue weighted by Crippen LogP contribution is 2.11. The summed E-state index contributed by atoms with van der Waals surface area (Å²) in [5.74, 6) is -0.232. The predicted octanol–water partition coefficient (Wildman–Crippen LogP) is 2.06. The van der Waals surface area contributed by atoms with E-state index in [0.29, 0.717) is 24.5 Å². The van der Waals surface area contributed by atoms with E-state index in [4.69, 9.17) is 5.73 Å². The van der Waals surface area contributed by atoms with Crippen molar-refractivity contribution in [1.82, 2.24) is 15.6 Å². The zero-order valence-corrected chi connectivity index (χ0v) is 14.4. The molecule has 128 valence electrons. The number of amides is 3. The van der Waals surface area contributed by atoms with Crippen LogP contribution >= 0.6 is 11.3 Å². The van der Waals surface area contributed by atoms with E-state index in [1.807, 2.05) is 26.0 Å². The van der Waals surface area contributed by atoms with Crippen LogP contribution in [0.15, 0.2) is 29.6 Å². The number of carbonyl (C=O) groups excluding carboxylic acids is 2. The second-order valence-corrected chi connectivity index (χ2v) is 6.41. The molecule has 0 radical (unpaired) electrons. The van der Waals surface area contributed by atoms with E-state index in [2.05, 4.69) is 20.9 Å². The molecule has 1 aromatic carbocycles. The summed E-state index contributed by atoms with van der Waals surface area (Å²) < 4.78 is 0. The first-order valence-electron chi connectivity index (χ1n) is 7.57. The molecule has 24 heavy (non-hydrogen) atoms. The van der Waals surface area contributed by atoms with Gasteiger partial charge in [-0.05, 0) is 31.5 Å². The van der Waals surface area contributed by atoms with Crippen molar-refractivity contribution in [3.63, 3.8) is 0 Å². The van der Waals surface area contributed by atoms with Gasteiger partial charge in [0.15, 0.2) is 0 Å². The molecule has 0 aliphatic carbocycles. The largest absolute Gasteiger partial charge is 0.347 e. The minimum Gasteiger partial charge on any atom is -0.347 e. The number of hydrogen-bond acceptors (Lipinski definition) is 5. The van der Waals surface area contributed by atoms with Crippen LogP contribution in [0, 0.1) is 0 Å². The second-order valence-electron chi connectivity index (χ2n) is 5.46. The molecule has 2 aromatic rings. The minimum absolute atomic E-state index is 0.0741. The smallest absolute Gasteiger partial charge is 0.319 e. The maximum Gasteiger partial charge on any atom is 0.319 e. The third kappa shape index (κ3) is 5.32. The average Bonchev–Trinajstić information content (AvgIpc) is 3.02. The van der Waals surface area contributed by atoms with Crippen molar-refractivity contribution < 1.29 is 9.59 Å². The van der Waals surface area contributed by atoms with Gasteiger partial charge in [-0.3, -0.25) is 4.79 Å². The first-order valence-corrected chi connectivity index (χ1v) is 8.45. The van der Waals surface area contributed by atoms with Crippen molar-refractivity contribution in [2.24, 2.45) is 5.73 Å². The molecule has 0 saturated carbocycles. The fourth-order valence-electron chi connectivity index (χ4n) is 1.92. The van der Waals surface area contributed by atoms with Gasteiger partial charge in [-0.25, -0.2) is 9.78 Å². The molecule has 0 unspecified atom stereocenters. The van der Waals surface area contributed by atoms with Crippen LogP contribution in [0.5, 0.6) is 0 Å². The van der Waals surface area contributed by atoms with Gasteiger partial charge in [-0.1, -0.05) is 12.1 Å². The molecule has 7 nitrogen and oxygen atoms in total. The lowest BCUT2D eigenvalue weighted by atomic mass is 10.2. The van der Waals surface area contributed by atoms with Gasteiger partial charge in [0.1, 0.15) is 10.7 Å². The highest BCUT2D eigenvalue weighted by molar-refractivity contribution is 7.09. The number of hydrogen-bond donors (Lipinski definition) is 4. The molecule has 8 heteroatoms. The molecule has 0 fully saturated rings.